The van der Waals surface area contributed by atoms with Gasteiger partial charge in [0.2, 0.25) is 0 Å². The molecule has 4 nitrogen and oxygen atoms in total. The first kappa shape index (κ1) is 16.2. The van der Waals surface area contributed by atoms with E-state index < -0.39 is 12.1 Å². The van der Waals surface area contributed by atoms with Gasteiger partial charge >= 0.3 is 6.18 Å². The molecular weight excluding hydrogens is 259 g/mol. The molecule has 110 valence electrons. The summed E-state index contributed by atoms with van der Waals surface area (Å²) >= 11 is 0. The summed E-state index contributed by atoms with van der Waals surface area (Å²) in [5.41, 5.74) is 5.35. The van der Waals surface area contributed by atoms with Gasteiger partial charge in [0.25, 0.3) is 0 Å². The Morgan fingerprint density at radius 1 is 1.37 bits per heavy atom. The van der Waals surface area contributed by atoms with E-state index in [0.717, 1.165) is 6.42 Å². The van der Waals surface area contributed by atoms with Crippen molar-refractivity contribution in [2.75, 3.05) is 32.8 Å². The fraction of sp³-hybridized carbons (Fsp3) is 0.917. The van der Waals surface area contributed by atoms with Gasteiger partial charge in [-0.25, -0.2) is 0 Å². The maximum Gasteiger partial charge on any atom is 0.405 e. The molecule has 1 heterocycles. The van der Waals surface area contributed by atoms with Gasteiger partial charge in [0.05, 0.1) is 12.2 Å². The lowest BCUT2D eigenvalue weighted by Crippen LogP contribution is -2.42. The largest absolute Gasteiger partial charge is 0.405 e. The van der Waals surface area contributed by atoms with Crippen molar-refractivity contribution in [1.29, 1.82) is 5.26 Å². The minimum Gasteiger partial charge on any atom is -0.378 e. The number of nitrogens with two attached hydrogens (primary N) is 1. The van der Waals surface area contributed by atoms with Crippen molar-refractivity contribution in [3.63, 3.8) is 0 Å². The molecule has 0 spiro atoms. The van der Waals surface area contributed by atoms with E-state index in [1.54, 1.807) is 4.90 Å². The highest BCUT2D eigenvalue weighted by molar-refractivity contribution is 4.91. The third-order valence-electron chi connectivity index (χ3n) is 3.23. The molecule has 1 saturated heterocycles. The summed E-state index contributed by atoms with van der Waals surface area (Å²) < 4.78 is 43.0. The van der Waals surface area contributed by atoms with Crippen LogP contribution in [0.1, 0.15) is 19.3 Å². The van der Waals surface area contributed by atoms with Gasteiger partial charge in [0.15, 0.2) is 5.92 Å². The first-order valence-corrected chi connectivity index (χ1v) is 6.47. The van der Waals surface area contributed by atoms with Crippen molar-refractivity contribution in [2.45, 2.75) is 31.5 Å². The van der Waals surface area contributed by atoms with Crippen molar-refractivity contribution in [1.82, 2.24) is 4.90 Å². The SMILES string of the molecule is N#CC(CN1CCC(OCCCN)CC1)C(F)(F)F. The van der Waals surface area contributed by atoms with Crippen LogP contribution in [-0.4, -0.2) is 50.0 Å². The maximum atomic E-state index is 12.5. The molecule has 2 N–H and O–H groups in total. The number of nitriles is 1. The van der Waals surface area contributed by atoms with Crippen LogP contribution >= 0.6 is 0 Å². The Bertz CT molecular complexity index is 296. The average Bonchev–Trinajstić information content (AvgIpc) is 2.36. The predicted octanol–water partition coefficient (Wildman–Crippen LogP) is 1.52. The second-order valence-electron chi connectivity index (χ2n) is 4.74. The minimum absolute atomic E-state index is 0.106. The van der Waals surface area contributed by atoms with Crippen LogP contribution in [0.15, 0.2) is 0 Å². The molecule has 0 bridgehead atoms. The predicted molar refractivity (Wildman–Crippen MR) is 64.2 cm³/mol. The lowest BCUT2D eigenvalue weighted by atomic mass is 10.0. The third-order valence-corrected chi connectivity index (χ3v) is 3.23. The Hall–Kier alpha value is -0.840. The number of ether oxygens (including phenoxy) is 1. The van der Waals surface area contributed by atoms with Crippen molar-refractivity contribution >= 4 is 0 Å². The Morgan fingerprint density at radius 3 is 2.47 bits per heavy atom. The fourth-order valence-corrected chi connectivity index (χ4v) is 2.07. The number of piperidine rings is 1. The lowest BCUT2D eigenvalue weighted by molar-refractivity contribution is -0.164. The van der Waals surface area contributed by atoms with Crippen LogP contribution < -0.4 is 5.73 Å². The molecule has 1 rings (SSSR count). The topological polar surface area (TPSA) is 62.3 Å². The molecule has 19 heavy (non-hydrogen) atoms. The van der Waals surface area contributed by atoms with Crippen molar-refractivity contribution < 1.29 is 17.9 Å². The normalized spacial score (nSPS) is 20.2. The smallest absolute Gasteiger partial charge is 0.378 e. The Labute approximate surface area is 111 Å². The van der Waals surface area contributed by atoms with E-state index in [1.165, 1.54) is 6.07 Å². The van der Waals surface area contributed by atoms with E-state index in [0.29, 0.717) is 39.1 Å². The van der Waals surface area contributed by atoms with Gasteiger partial charge in [-0.3, -0.25) is 0 Å². The summed E-state index contributed by atoms with van der Waals surface area (Å²) in [4.78, 5) is 1.68. The van der Waals surface area contributed by atoms with Gasteiger partial charge in [-0.15, -0.1) is 0 Å². The van der Waals surface area contributed by atoms with Crippen LogP contribution in [0.5, 0.6) is 0 Å². The Morgan fingerprint density at radius 2 is 2.00 bits per heavy atom. The third kappa shape index (κ3) is 5.76. The van der Waals surface area contributed by atoms with Crippen LogP contribution in [0.3, 0.4) is 0 Å². The molecular formula is C12H20F3N3O. The monoisotopic (exact) mass is 279 g/mol. The number of halogens is 3. The van der Waals surface area contributed by atoms with Crippen LogP contribution in [0.25, 0.3) is 0 Å². The number of alkyl halides is 3. The molecule has 0 aromatic rings. The zero-order valence-electron chi connectivity index (χ0n) is 10.8. The summed E-state index contributed by atoms with van der Waals surface area (Å²) in [6.45, 7) is 2.03. The fourth-order valence-electron chi connectivity index (χ4n) is 2.07. The highest BCUT2D eigenvalue weighted by Gasteiger charge is 2.41. The standard InChI is InChI=1S/C12H20F3N3O/c13-12(14,15)10(8-17)9-18-5-2-11(3-6-18)19-7-1-4-16/h10-11H,1-7,9,16H2. The second-order valence-corrected chi connectivity index (χ2v) is 4.74. The molecule has 1 aliphatic heterocycles. The highest BCUT2D eigenvalue weighted by Crippen LogP contribution is 2.27. The molecule has 1 aliphatic rings. The van der Waals surface area contributed by atoms with Gasteiger partial charge in [-0.05, 0) is 25.8 Å². The summed E-state index contributed by atoms with van der Waals surface area (Å²) in [5, 5.41) is 8.55. The molecule has 1 atom stereocenters. The molecule has 0 aromatic carbocycles. The maximum absolute atomic E-state index is 12.5. The summed E-state index contributed by atoms with van der Waals surface area (Å²) in [6.07, 6.45) is -2.12. The first-order chi connectivity index (χ1) is 8.97. The number of nitrogens with zero attached hydrogens (tertiary/aromatic N) is 2. The van der Waals surface area contributed by atoms with Crippen molar-refractivity contribution in [3.05, 3.63) is 0 Å². The van der Waals surface area contributed by atoms with E-state index in [-0.39, 0.29) is 12.6 Å². The van der Waals surface area contributed by atoms with E-state index in [9.17, 15) is 13.2 Å². The lowest BCUT2D eigenvalue weighted by Gasteiger charge is -2.33. The first-order valence-electron chi connectivity index (χ1n) is 6.47. The van der Waals surface area contributed by atoms with Crippen LogP contribution in [0.2, 0.25) is 0 Å². The van der Waals surface area contributed by atoms with Gasteiger partial charge in [-0.2, -0.15) is 18.4 Å². The molecule has 7 heteroatoms. The summed E-state index contributed by atoms with van der Waals surface area (Å²) in [6, 6.07) is 1.33. The Balaban J connectivity index is 2.28. The molecule has 0 amide bonds. The second kappa shape index (κ2) is 7.68. The van der Waals surface area contributed by atoms with Gasteiger partial charge in [-0.1, -0.05) is 0 Å². The molecule has 0 radical (unpaired) electrons. The quantitative estimate of drug-likeness (QED) is 0.749. The zero-order valence-corrected chi connectivity index (χ0v) is 10.8. The molecule has 0 saturated carbocycles. The summed E-state index contributed by atoms with van der Waals surface area (Å²) in [7, 11) is 0. The highest BCUT2D eigenvalue weighted by atomic mass is 19.4. The zero-order chi connectivity index (χ0) is 14.3. The molecule has 0 aromatic heterocycles. The summed E-state index contributed by atoms with van der Waals surface area (Å²) in [5.74, 6) is -1.90. The Kier molecular flexibility index (Phi) is 6.55. The minimum atomic E-state index is -4.44. The van der Waals surface area contributed by atoms with Crippen LogP contribution in [-0.2, 0) is 4.74 Å². The van der Waals surface area contributed by atoms with Gasteiger partial charge in [0, 0.05) is 26.2 Å². The number of hydrogen-bond donors (Lipinski definition) is 1. The van der Waals surface area contributed by atoms with E-state index >= 15 is 0 Å². The molecule has 0 aliphatic carbocycles. The van der Waals surface area contributed by atoms with E-state index in [1.807, 2.05) is 0 Å². The number of hydrogen-bond acceptors (Lipinski definition) is 4. The molecule has 1 unspecified atom stereocenters. The number of likely N-dealkylation sites (tertiary alicyclic amines) is 1. The van der Waals surface area contributed by atoms with E-state index in [4.69, 9.17) is 15.7 Å². The van der Waals surface area contributed by atoms with Crippen molar-refractivity contribution in [2.24, 2.45) is 11.7 Å². The van der Waals surface area contributed by atoms with E-state index in [2.05, 4.69) is 0 Å². The van der Waals surface area contributed by atoms with Gasteiger partial charge < -0.3 is 15.4 Å². The van der Waals surface area contributed by atoms with Crippen molar-refractivity contribution in [3.8, 4) is 6.07 Å². The molecule has 1 fully saturated rings. The number of rotatable bonds is 6. The van der Waals surface area contributed by atoms with Crippen LogP contribution in [0.4, 0.5) is 13.2 Å². The van der Waals surface area contributed by atoms with Crippen LogP contribution in [0, 0.1) is 17.2 Å². The average molecular weight is 279 g/mol. The van der Waals surface area contributed by atoms with Gasteiger partial charge in [0.1, 0.15) is 0 Å².